The Morgan fingerprint density at radius 3 is 2.92 bits per heavy atom. The number of nitrogens with one attached hydrogen (secondary N) is 1. The van der Waals surface area contributed by atoms with Gasteiger partial charge in [0.05, 0.1) is 25.3 Å². The minimum absolute atomic E-state index is 0.237. The number of anilines is 1. The molecule has 1 aliphatic heterocycles. The molecule has 5 nitrogen and oxygen atoms in total. The molecule has 0 spiro atoms. The van der Waals surface area contributed by atoms with Crippen LogP contribution in [-0.4, -0.2) is 43.2 Å². The third kappa shape index (κ3) is 4.84. The molecule has 1 aliphatic rings. The quantitative estimate of drug-likeness (QED) is 0.622. The minimum atomic E-state index is 0.237. The number of aryl methyl sites for hydroxylation is 2. The van der Waals surface area contributed by atoms with Crippen LogP contribution in [-0.2, 0) is 4.74 Å². The molecular formula is C20H28N4OS. The van der Waals surface area contributed by atoms with E-state index in [4.69, 9.17) is 10.5 Å². The number of benzene rings is 1. The van der Waals surface area contributed by atoms with Gasteiger partial charge >= 0.3 is 0 Å². The van der Waals surface area contributed by atoms with Gasteiger partial charge in [-0.05, 0) is 55.5 Å². The van der Waals surface area contributed by atoms with Crippen molar-refractivity contribution in [3.63, 3.8) is 0 Å². The van der Waals surface area contributed by atoms with Gasteiger partial charge in [-0.15, -0.1) is 11.3 Å². The first kappa shape index (κ1) is 18.9. The van der Waals surface area contributed by atoms with Crippen LogP contribution >= 0.6 is 11.3 Å². The van der Waals surface area contributed by atoms with Gasteiger partial charge in [0.25, 0.3) is 0 Å². The van der Waals surface area contributed by atoms with Gasteiger partial charge in [-0.2, -0.15) is 0 Å². The normalized spacial score (nSPS) is 20.1. The third-order valence-electron chi connectivity index (χ3n) is 4.80. The largest absolute Gasteiger partial charge is 0.376 e. The third-order valence-corrected chi connectivity index (χ3v) is 5.77. The zero-order chi connectivity index (χ0) is 18.5. The van der Waals surface area contributed by atoms with Crippen molar-refractivity contribution < 1.29 is 4.74 Å². The summed E-state index contributed by atoms with van der Waals surface area (Å²) >= 11 is 1.77. The smallest absolute Gasteiger partial charge is 0.193 e. The van der Waals surface area contributed by atoms with E-state index >= 15 is 0 Å². The number of hydrogen-bond acceptors (Lipinski definition) is 4. The van der Waals surface area contributed by atoms with E-state index in [2.05, 4.69) is 65.6 Å². The van der Waals surface area contributed by atoms with E-state index in [9.17, 15) is 0 Å². The summed E-state index contributed by atoms with van der Waals surface area (Å²) in [7, 11) is 0. The average Bonchev–Trinajstić information content (AvgIpc) is 3.13. The molecule has 0 bridgehead atoms. The summed E-state index contributed by atoms with van der Waals surface area (Å²) in [6.45, 7) is 9.57. The first-order chi connectivity index (χ1) is 12.5. The zero-order valence-corrected chi connectivity index (χ0v) is 16.6. The van der Waals surface area contributed by atoms with Gasteiger partial charge in [0.15, 0.2) is 5.96 Å². The molecule has 3 rings (SSSR count). The number of morpholine rings is 1. The van der Waals surface area contributed by atoms with Crippen molar-refractivity contribution in [2.75, 3.05) is 31.6 Å². The first-order valence-electron chi connectivity index (χ1n) is 9.06. The van der Waals surface area contributed by atoms with E-state index in [1.807, 2.05) is 6.07 Å². The molecule has 2 atom stereocenters. The molecule has 0 aliphatic carbocycles. The van der Waals surface area contributed by atoms with E-state index in [1.54, 1.807) is 11.3 Å². The van der Waals surface area contributed by atoms with Gasteiger partial charge < -0.3 is 15.8 Å². The second kappa shape index (κ2) is 8.66. The zero-order valence-electron chi connectivity index (χ0n) is 15.7. The molecular weight excluding hydrogens is 344 g/mol. The summed E-state index contributed by atoms with van der Waals surface area (Å²) in [6.07, 6.45) is 0.251. The summed E-state index contributed by atoms with van der Waals surface area (Å²) in [4.78, 5) is 8.41. The predicted molar refractivity (Wildman–Crippen MR) is 110 cm³/mol. The van der Waals surface area contributed by atoms with Gasteiger partial charge in [0, 0.05) is 23.7 Å². The number of hydrogen-bond donors (Lipinski definition) is 2. The standard InChI is InChI=1S/C20H28N4OS/c1-14-6-7-17(11-15(14)2)23-20(21)22-12-18(19-5-4-10-26-19)24-8-9-25-16(3)13-24/h4-7,10-11,16,18H,8-9,12-13H2,1-3H3,(H3,21,22,23). The van der Waals surface area contributed by atoms with Crippen molar-refractivity contribution in [2.45, 2.75) is 32.9 Å². The fourth-order valence-corrected chi connectivity index (χ4v) is 4.04. The minimum Gasteiger partial charge on any atom is -0.376 e. The molecule has 1 fully saturated rings. The highest BCUT2D eigenvalue weighted by Gasteiger charge is 2.26. The highest BCUT2D eigenvalue weighted by atomic mass is 32.1. The summed E-state index contributed by atoms with van der Waals surface area (Å²) in [6, 6.07) is 10.7. The van der Waals surface area contributed by atoms with Gasteiger partial charge in [-0.1, -0.05) is 12.1 Å². The molecule has 0 saturated carbocycles. The molecule has 1 aromatic carbocycles. The Hall–Kier alpha value is -1.89. The van der Waals surface area contributed by atoms with Crippen LogP contribution in [0.25, 0.3) is 0 Å². The van der Waals surface area contributed by atoms with Crippen molar-refractivity contribution in [3.05, 3.63) is 51.7 Å². The Labute approximate surface area is 159 Å². The fourth-order valence-electron chi connectivity index (χ4n) is 3.19. The van der Waals surface area contributed by atoms with Crippen LogP contribution in [0.15, 0.2) is 40.7 Å². The maximum atomic E-state index is 6.15. The molecule has 0 amide bonds. The van der Waals surface area contributed by atoms with Crippen LogP contribution in [0.3, 0.4) is 0 Å². The lowest BCUT2D eigenvalue weighted by atomic mass is 10.1. The Kier molecular flexibility index (Phi) is 6.29. The Morgan fingerprint density at radius 2 is 2.23 bits per heavy atom. The van der Waals surface area contributed by atoms with E-state index < -0.39 is 0 Å². The maximum Gasteiger partial charge on any atom is 0.193 e. The van der Waals surface area contributed by atoms with E-state index in [0.717, 1.165) is 25.4 Å². The monoisotopic (exact) mass is 372 g/mol. The predicted octanol–water partition coefficient (Wildman–Crippen LogP) is 3.55. The molecule has 140 valence electrons. The van der Waals surface area contributed by atoms with Crippen LogP contribution in [0.4, 0.5) is 5.69 Å². The number of guanidine groups is 1. The molecule has 6 heteroatoms. The van der Waals surface area contributed by atoms with Crippen molar-refractivity contribution in [1.82, 2.24) is 4.90 Å². The number of thiophene rings is 1. The molecule has 1 saturated heterocycles. The first-order valence-corrected chi connectivity index (χ1v) is 9.94. The molecule has 0 radical (unpaired) electrons. The number of nitrogens with two attached hydrogens (primary N) is 1. The Balaban J connectivity index is 1.69. The van der Waals surface area contributed by atoms with Crippen LogP contribution in [0.2, 0.25) is 0 Å². The lowest BCUT2D eigenvalue weighted by molar-refractivity contribution is -0.0327. The maximum absolute atomic E-state index is 6.15. The molecule has 2 unspecified atom stereocenters. The SMILES string of the molecule is Cc1ccc(NC(N)=NCC(c2cccs2)N2CCOC(C)C2)cc1C. The highest BCUT2D eigenvalue weighted by Crippen LogP contribution is 2.27. The van der Waals surface area contributed by atoms with Gasteiger partial charge in [0.1, 0.15) is 0 Å². The fraction of sp³-hybridized carbons (Fsp3) is 0.450. The van der Waals surface area contributed by atoms with Crippen molar-refractivity contribution >= 4 is 23.0 Å². The lowest BCUT2D eigenvalue weighted by Gasteiger charge is -2.36. The lowest BCUT2D eigenvalue weighted by Crippen LogP contribution is -2.44. The average molecular weight is 373 g/mol. The molecule has 26 heavy (non-hydrogen) atoms. The number of ether oxygens (including phenoxy) is 1. The molecule has 2 aromatic rings. The topological polar surface area (TPSA) is 62.9 Å². The van der Waals surface area contributed by atoms with Crippen molar-refractivity contribution in [3.8, 4) is 0 Å². The second-order valence-corrected chi connectivity index (χ2v) is 7.84. The summed E-state index contributed by atoms with van der Waals surface area (Å²) in [5, 5.41) is 5.33. The van der Waals surface area contributed by atoms with Crippen LogP contribution < -0.4 is 11.1 Å². The van der Waals surface area contributed by atoms with Gasteiger partial charge in [-0.3, -0.25) is 9.89 Å². The highest BCUT2D eigenvalue weighted by molar-refractivity contribution is 7.10. The van der Waals surface area contributed by atoms with Gasteiger partial charge in [0.2, 0.25) is 0 Å². The number of aliphatic imine (C=N–C) groups is 1. The van der Waals surface area contributed by atoms with Crippen molar-refractivity contribution in [1.29, 1.82) is 0 Å². The second-order valence-electron chi connectivity index (χ2n) is 6.86. The number of rotatable bonds is 5. The summed E-state index contributed by atoms with van der Waals surface area (Å²) in [5.74, 6) is 0.455. The molecule has 3 N–H and O–H groups in total. The Bertz CT molecular complexity index is 744. The summed E-state index contributed by atoms with van der Waals surface area (Å²) in [5.41, 5.74) is 9.63. The summed E-state index contributed by atoms with van der Waals surface area (Å²) < 4.78 is 5.69. The number of nitrogens with zero attached hydrogens (tertiary/aromatic N) is 2. The van der Waals surface area contributed by atoms with E-state index in [-0.39, 0.29) is 12.1 Å². The molecule has 1 aromatic heterocycles. The van der Waals surface area contributed by atoms with Crippen LogP contribution in [0, 0.1) is 13.8 Å². The van der Waals surface area contributed by atoms with E-state index in [1.165, 1.54) is 16.0 Å². The van der Waals surface area contributed by atoms with E-state index in [0.29, 0.717) is 12.5 Å². The van der Waals surface area contributed by atoms with Crippen LogP contribution in [0.1, 0.15) is 29.0 Å². The van der Waals surface area contributed by atoms with Crippen molar-refractivity contribution in [2.24, 2.45) is 10.7 Å². The molecule has 2 heterocycles. The van der Waals surface area contributed by atoms with Gasteiger partial charge in [-0.25, -0.2) is 0 Å². The van der Waals surface area contributed by atoms with Crippen LogP contribution in [0.5, 0.6) is 0 Å². The Morgan fingerprint density at radius 1 is 1.38 bits per heavy atom.